The van der Waals surface area contributed by atoms with Crippen LogP contribution in [0.15, 0.2) is 23.6 Å². The molecule has 3 nitrogen and oxygen atoms in total. The predicted molar refractivity (Wildman–Crippen MR) is 66.8 cm³/mol. The molecule has 0 radical (unpaired) electrons. The van der Waals surface area contributed by atoms with E-state index in [1.165, 1.54) is 0 Å². The van der Waals surface area contributed by atoms with Gasteiger partial charge in [0.25, 0.3) is 0 Å². The molecule has 0 saturated heterocycles. The van der Waals surface area contributed by atoms with Crippen LogP contribution in [0.25, 0.3) is 0 Å². The molecule has 84 valence electrons. The smallest absolute Gasteiger partial charge is 0.142 e. The Kier molecular flexibility index (Phi) is 3.10. The molecule has 1 heterocycles. The van der Waals surface area contributed by atoms with E-state index in [0.717, 1.165) is 22.0 Å². The summed E-state index contributed by atoms with van der Waals surface area (Å²) in [5.74, 6) is 0.721. The summed E-state index contributed by atoms with van der Waals surface area (Å²) in [5.41, 5.74) is 8.69. The summed E-state index contributed by atoms with van der Waals surface area (Å²) in [6.07, 6.45) is 0. The fourth-order valence-electron chi connectivity index (χ4n) is 1.41. The number of nitrogens with zero attached hydrogens (tertiary/aromatic N) is 1. The van der Waals surface area contributed by atoms with Gasteiger partial charge in [0.15, 0.2) is 0 Å². The summed E-state index contributed by atoms with van der Waals surface area (Å²) in [6, 6.07) is 5.78. The first kappa shape index (κ1) is 11.0. The van der Waals surface area contributed by atoms with Gasteiger partial charge in [-0.15, -0.1) is 11.3 Å². The van der Waals surface area contributed by atoms with E-state index >= 15 is 0 Å². The van der Waals surface area contributed by atoms with Gasteiger partial charge in [0.2, 0.25) is 0 Å². The van der Waals surface area contributed by atoms with E-state index in [9.17, 15) is 0 Å². The summed E-state index contributed by atoms with van der Waals surface area (Å²) in [7, 11) is 0. The topological polar surface area (TPSA) is 48.1 Å². The Hall–Kier alpha value is -1.55. The Bertz CT molecular complexity index is 494. The van der Waals surface area contributed by atoms with Gasteiger partial charge in [0.05, 0.1) is 5.69 Å². The maximum absolute atomic E-state index is 5.85. The molecule has 16 heavy (non-hydrogen) atoms. The summed E-state index contributed by atoms with van der Waals surface area (Å²) >= 11 is 1.60. The number of thiazole rings is 1. The monoisotopic (exact) mass is 234 g/mol. The SMILES string of the molecule is Cc1ccc(OCc2nc(C)cs2)c(N)c1. The molecule has 4 heteroatoms. The Morgan fingerprint density at radius 3 is 2.81 bits per heavy atom. The highest BCUT2D eigenvalue weighted by molar-refractivity contribution is 7.09. The standard InChI is InChI=1S/C12H14N2OS/c1-8-3-4-11(10(13)5-8)15-6-12-14-9(2)7-16-12/h3-5,7H,6,13H2,1-2H3. The van der Waals surface area contributed by atoms with E-state index in [-0.39, 0.29) is 0 Å². The van der Waals surface area contributed by atoms with Gasteiger partial charge in [-0.2, -0.15) is 0 Å². The van der Waals surface area contributed by atoms with Crippen LogP contribution in [-0.4, -0.2) is 4.98 Å². The van der Waals surface area contributed by atoms with Gasteiger partial charge in [0.1, 0.15) is 17.4 Å². The molecule has 0 spiro atoms. The Morgan fingerprint density at radius 1 is 1.38 bits per heavy atom. The normalized spacial score (nSPS) is 10.4. The van der Waals surface area contributed by atoms with Crippen molar-refractivity contribution in [2.75, 3.05) is 5.73 Å². The van der Waals surface area contributed by atoms with Gasteiger partial charge in [0, 0.05) is 11.1 Å². The third kappa shape index (κ3) is 2.52. The molecule has 0 fully saturated rings. The van der Waals surface area contributed by atoms with Crippen LogP contribution in [0.4, 0.5) is 5.69 Å². The lowest BCUT2D eigenvalue weighted by atomic mass is 10.2. The van der Waals surface area contributed by atoms with Crippen molar-refractivity contribution in [1.82, 2.24) is 4.98 Å². The molecule has 1 aromatic heterocycles. The second kappa shape index (κ2) is 4.53. The molecule has 2 rings (SSSR count). The molecule has 0 atom stereocenters. The zero-order chi connectivity index (χ0) is 11.5. The van der Waals surface area contributed by atoms with Crippen LogP contribution >= 0.6 is 11.3 Å². The van der Waals surface area contributed by atoms with Crippen molar-refractivity contribution in [3.63, 3.8) is 0 Å². The zero-order valence-corrected chi connectivity index (χ0v) is 10.2. The molecule has 1 aromatic carbocycles. The van der Waals surface area contributed by atoms with Crippen molar-refractivity contribution >= 4 is 17.0 Å². The fraction of sp³-hybridized carbons (Fsp3) is 0.250. The van der Waals surface area contributed by atoms with Crippen LogP contribution in [0, 0.1) is 13.8 Å². The predicted octanol–water partition coefficient (Wildman–Crippen LogP) is 2.92. The Morgan fingerprint density at radius 2 is 2.19 bits per heavy atom. The second-order valence-corrected chi connectivity index (χ2v) is 4.66. The van der Waals surface area contributed by atoms with Crippen molar-refractivity contribution in [3.8, 4) is 5.75 Å². The van der Waals surface area contributed by atoms with Crippen molar-refractivity contribution < 1.29 is 4.74 Å². The van der Waals surface area contributed by atoms with Gasteiger partial charge < -0.3 is 10.5 Å². The zero-order valence-electron chi connectivity index (χ0n) is 9.36. The van der Waals surface area contributed by atoms with Gasteiger partial charge in [-0.05, 0) is 31.5 Å². The minimum atomic E-state index is 0.478. The quantitative estimate of drug-likeness (QED) is 0.831. The van der Waals surface area contributed by atoms with Gasteiger partial charge in [-0.25, -0.2) is 4.98 Å². The number of nitrogen functional groups attached to an aromatic ring is 1. The van der Waals surface area contributed by atoms with Crippen molar-refractivity contribution in [1.29, 1.82) is 0 Å². The van der Waals surface area contributed by atoms with Crippen LogP contribution in [0.1, 0.15) is 16.3 Å². The van der Waals surface area contributed by atoms with Gasteiger partial charge >= 0.3 is 0 Å². The number of aromatic nitrogens is 1. The van der Waals surface area contributed by atoms with E-state index in [0.29, 0.717) is 12.3 Å². The first-order valence-electron chi connectivity index (χ1n) is 5.05. The molecule has 2 N–H and O–H groups in total. The number of aryl methyl sites for hydroxylation is 2. The first-order chi connectivity index (χ1) is 7.65. The molecule has 2 aromatic rings. The number of ether oxygens (including phenoxy) is 1. The van der Waals surface area contributed by atoms with Crippen LogP contribution in [0.2, 0.25) is 0 Å². The average molecular weight is 234 g/mol. The highest BCUT2D eigenvalue weighted by atomic mass is 32.1. The van der Waals surface area contributed by atoms with E-state index in [4.69, 9.17) is 10.5 Å². The van der Waals surface area contributed by atoms with E-state index in [2.05, 4.69) is 4.98 Å². The van der Waals surface area contributed by atoms with Crippen molar-refractivity contribution in [2.24, 2.45) is 0 Å². The molecule has 0 unspecified atom stereocenters. The molecule has 0 aliphatic carbocycles. The van der Waals surface area contributed by atoms with E-state index in [1.54, 1.807) is 11.3 Å². The van der Waals surface area contributed by atoms with E-state index < -0.39 is 0 Å². The maximum Gasteiger partial charge on any atom is 0.142 e. The lowest BCUT2D eigenvalue weighted by molar-refractivity contribution is 0.307. The van der Waals surface area contributed by atoms with Crippen LogP contribution in [0.5, 0.6) is 5.75 Å². The third-order valence-electron chi connectivity index (χ3n) is 2.18. The van der Waals surface area contributed by atoms with Crippen LogP contribution in [-0.2, 0) is 6.61 Å². The average Bonchev–Trinajstić information content (AvgIpc) is 2.63. The molecule has 0 aliphatic rings. The molecular weight excluding hydrogens is 220 g/mol. The number of anilines is 1. The molecule has 0 aliphatic heterocycles. The summed E-state index contributed by atoms with van der Waals surface area (Å²) in [4.78, 5) is 4.33. The summed E-state index contributed by atoms with van der Waals surface area (Å²) in [5, 5.41) is 2.98. The first-order valence-corrected chi connectivity index (χ1v) is 5.93. The Labute approximate surface area is 98.9 Å². The lowest BCUT2D eigenvalue weighted by Crippen LogP contribution is -1.98. The number of hydrogen-bond acceptors (Lipinski definition) is 4. The Balaban J connectivity index is 2.04. The van der Waals surface area contributed by atoms with Crippen LogP contribution < -0.4 is 10.5 Å². The van der Waals surface area contributed by atoms with Crippen molar-refractivity contribution in [2.45, 2.75) is 20.5 Å². The van der Waals surface area contributed by atoms with Crippen LogP contribution in [0.3, 0.4) is 0 Å². The van der Waals surface area contributed by atoms with Gasteiger partial charge in [-0.1, -0.05) is 6.07 Å². The van der Waals surface area contributed by atoms with E-state index in [1.807, 2.05) is 37.4 Å². The largest absolute Gasteiger partial charge is 0.484 e. The number of rotatable bonds is 3. The second-order valence-electron chi connectivity index (χ2n) is 3.71. The molecule has 0 amide bonds. The minimum absolute atomic E-state index is 0.478. The third-order valence-corrected chi connectivity index (χ3v) is 3.12. The lowest BCUT2D eigenvalue weighted by Gasteiger charge is -2.07. The number of hydrogen-bond donors (Lipinski definition) is 1. The molecule has 0 bridgehead atoms. The number of benzene rings is 1. The number of nitrogens with two attached hydrogens (primary N) is 1. The van der Waals surface area contributed by atoms with Crippen molar-refractivity contribution in [3.05, 3.63) is 39.8 Å². The maximum atomic E-state index is 5.85. The highest BCUT2D eigenvalue weighted by Crippen LogP contribution is 2.23. The summed E-state index contributed by atoms with van der Waals surface area (Å²) < 4.78 is 5.61. The molecular formula is C12H14N2OS. The van der Waals surface area contributed by atoms with Gasteiger partial charge in [-0.3, -0.25) is 0 Å². The molecule has 0 saturated carbocycles. The highest BCUT2D eigenvalue weighted by Gasteiger charge is 2.03. The summed E-state index contributed by atoms with van der Waals surface area (Å²) in [6.45, 7) is 4.45. The fourth-order valence-corrected chi connectivity index (χ4v) is 2.09. The minimum Gasteiger partial charge on any atom is -0.484 e.